The fraction of sp³-hybridized carbons (Fsp3) is 0.278. The standard InChI is InChI=1S/C18H20N2O6S/c1-10(2)4-13-5-11(8-16(21)19-13)17(22)20-14-6-12(18(23)24)7-15(9-14)27(3,25)26/h5-10H,4H2,1-3H3,(H,19,21)(H,20,22)(H,23,24). The van der Waals surface area contributed by atoms with Crippen LogP contribution in [0.3, 0.4) is 0 Å². The minimum atomic E-state index is -3.68. The topological polar surface area (TPSA) is 133 Å². The molecule has 0 spiro atoms. The number of carboxylic acids is 1. The normalized spacial score (nSPS) is 11.4. The number of anilines is 1. The lowest BCUT2D eigenvalue weighted by atomic mass is 10.1. The summed E-state index contributed by atoms with van der Waals surface area (Å²) in [7, 11) is -3.68. The number of carboxylic acid groups (broad SMARTS) is 1. The molecule has 0 fully saturated rings. The van der Waals surface area contributed by atoms with Crippen LogP contribution in [-0.4, -0.2) is 36.6 Å². The molecule has 0 saturated carbocycles. The van der Waals surface area contributed by atoms with Crippen LogP contribution in [0.25, 0.3) is 0 Å². The Morgan fingerprint density at radius 1 is 1.11 bits per heavy atom. The van der Waals surface area contributed by atoms with Gasteiger partial charge in [0.15, 0.2) is 9.84 Å². The number of rotatable bonds is 6. The number of carbonyl (C=O) groups is 2. The van der Waals surface area contributed by atoms with Gasteiger partial charge in [0.2, 0.25) is 5.56 Å². The summed E-state index contributed by atoms with van der Waals surface area (Å²) in [5.41, 5.74) is -0.0187. The fourth-order valence-electron chi connectivity index (χ4n) is 2.49. The highest BCUT2D eigenvalue weighted by atomic mass is 32.2. The summed E-state index contributed by atoms with van der Waals surface area (Å²) in [6.45, 7) is 3.93. The second-order valence-corrected chi connectivity index (χ2v) is 8.65. The number of sulfone groups is 1. The van der Waals surface area contributed by atoms with Crippen molar-refractivity contribution in [3.05, 3.63) is 57.5 Å². The van der Waals surface area contributed by atoms with Crippen LogP contribution in [0.15, 0.2) is 40.0 Å². The van der Waals surface area contributed by atoms with Crippen molar-refractivity contribution in [1.29, 1.82) is 0 Å². The van der Waals surface area contributed by atoms with Gasteiger partial charge in [0, 0.05) is 29.3 Å². The van der Waals surface area contributed by atoms with Gasteiger partial charge in [-0.2, -0.15) is 0 Å². The first-order chi connectivity index (χ1) is 12.5. The number of benzene rings is 1. The minimum Gasteiger partial charge on any atom is -0.478 e. The molecule has 0 aliphatic carbocycles. The summed E-state index contributed by atoms with van der Waals surface area (Å²) in [6.07, 6.45) is 1.51. The van der Waals surface area contributed by atoms with Gasteiger partial charge in [-0.05, 0) is 36.6 Å². The van der Waals surface area contributed by atoms with Gasteiger partial charge in [-0.25, -0.2) is 13.2 Å². The van der Waals surface area contributed by atoms with Crippen molar-refractivity contribution in [3.8, 4) is 0 Å². The first-order valence-corrected chi connectivity index (χ1v) is 9.98. The van der Waals surface area contributed by atoms with Gasteiger partial charge in [-0.3, -0.25) is 9.59 Å². The summed E-state index contributed by atoms with van der Waals surface area (Å²) in [4.78, 5) is 37.9. The molecule has 0 saturated heterocycles. The largest absolute Gasteiger partial charge is 0.478 e. The van der Waals surface area contributed by atoms with E-state index in [0.717, 1.165) is 24.5 Å². The third-order valence-electron chi connectivity index (χ3n) is 3.63. The van der Waals surface area contributed by atoms with Crippen LogP contribution in [0.2, 0.25) is 0 Å². The average Bonchev–Trinajstić information content (AvgIpc) is 2.52. The van der Waals surface area contributed by atoms with E-state index in [9.17, 15) is 22.8 Å². The highest BCUT2D eigenvalue weighted by Gasteiger charge is 2.16. The molecule has 2 aromatic rings. The maximum absolute atomic E-state index is 12.5. The quantitative estimate of drug-likeness (QED) is 0.688. The molecule has 1 heterocycles. The molecule has 0 atom stereocenters. The van der Waals surface area contributed by atoms with Crippen molar-refractivity contribution in [2.45, 2.75) is 25.2 Å². The second kappa shape index (κ2) is 7.75. The number of carbonyl (C=O) groups excluding carboxylic acids is 1. The van der Waals surface area contributed by atoms with E-state index in [1.807, 2.05) is 13.8 Å². The molecule has 0 aliphatic rings. The number of amides is 1. The summed E-state index contributed by atoms with van der Waals surface area (Å²) in [6, 6.07) is 5.99. The monoisotopic (exact) mass is 392 g/mol. The van der Waals surface area contributed by atoms with Crippen LogP contribution in [0.1, 0.15) is 40.3 Å². The van der Waals surface area contributed by atoms with E-state index in [1.165, 1.54) is 12.1 Å². The van der Waals surface area contributed by atoms with E-state index < -0.39 is 27.3 Å². The Hall–Kier alpha value is -2.94. The lowest BCUT2D eigenvalue weighted by molar-refractivity contribution is 0.0696. The molecule has 1 aromatic heterocycles. The Morgan fingerprint density at radius 3 is 2.33 bits per heavy atom. The summed E-state index contributed by atoms with van der Waals surface area (Å²) >= 11 is 0. The Labute approximate surface area is 156 Å². The van der Waals surface area contributed by atoms with Crippen LogP contribution in [0.4, 0.5) is 5.69 Å². The number of aromatic nitrogens is 1. The summed E-state index contributed by atoms with van der Waals surface area (Å²) in [5.74, 6) is -1.71. The molecular formula is C18H20N2O6S. The van der Waals surface area contributed by atoms with Crippen molar-refractivity contribution in [3.63, 3.8) is 0 Å². The summed E-state index contributed by atoms with van der Waals surface area (Å²) in [5, 5.41) is 11.6. The van der Waals surface area contributed by atoms with Crippen LogP contribution in [0, 0.1) is 5.92 Å². The first kappa shape index (κ1) is 20.4. The smallest absolute Gasteiger partial charge is 0.335 e. The zero-order chi connectivity index (χ0) is 20.4. The first-order valence-electron chi connectivity index (χ1n) is 8.08. The zero-order valence-electron chi connectivity index (χ0n) is 15.1. The molecule has 9 heteroatoms. The van der Waals surface area contributed by atoms with Gasteiger partial charge in [0.25, 0.3) is 5.91 Å². The van der Waals surface area contributed by atoms with Gasteiger partial charge in [0.1, 0.15) is 0 Å². The highest BCUT2D eigenvalue weighted by molar-refractivity contribution is 7.90. The number of H-pyrrole nitrogens is 1. The van der Waals surface area contributed by atoms with E-state index in [0.29, 0.717) is 12.1 Å². The molecule has 1 aromatic carbocycles. The van der Waals surface area contributed by atoms with Gasteiger partial charge >= 0.3 is 5.97 Å². The molecular weight excluding hydrogens is 372 g/mol. The van der Waals surface area contributed by atoms with Gasteiger partial charge < -0.3 is 15.4 Å². The van der Waals surface area contributed by atoms with Crippen molar-refractivity contribution in [1.82, 2.24) is 4.98 Å². The molecule has 2 rings (SSSR count). The third-order valence-corrected chi connectivity index (χ3v) is 4.72. The minimum absolute atomic E-state index is 0.00557. The molecule has 0 aliphatic heterocycles. The third kappa shape index (κ3) is 5.52. The average molecular weight is 392 g/mol. The van der Waals surface area contributed by atoms with E-state index in [4.69, 9.17) is 5.11 Å². The van der Waals surface area contributed by atoms with Crippen molar-refractivity contribution in [2.24, 2.45) is 5.92 Å². The lowest BCUT2D eigenvalue weighted by Crippen LogP contribution is -2.18. The molecule has 144 valence electrons. The van der Waals surface area contributed by atoms with Crippen molar-refractivity contribution >= 4 is 27.4 Å². The molecule has 0 bridgehead atoms. The molecule has 8 nitrogen and oxygen atoms in total. The van der Waals surface area contributed by atoms with Crippen LogP contribution < -0.4 is 10.9 Å². The number of aromatic carboxylic acids is 1. The van der Waals surface area contributed by atoms with E-state index in [-0.39, 0.29) is 27.6 Å². The number of hydrogen-bond acceptors (Lipinski definition) is 5. The second-order valence-electron chi connectivity index (χ2n) is 6.63. The van der Waals surface area contributed by atoms with Crippen LogP contribution in [0.5, 0.6) is 0 Å². The van der Waals surface area contributed by atoms with Crippen molar-refractivity contribution in [2.75, 3.05) is 11.6 Å². The number of nitrogens with one attached hydrogen (secondary N) is 2. The molecule has 27 heavy (non-hydrogen) atoms. The predicted molar refractivity (Wildman–Crippen MR) is 100 cm³/mol. The van der Waals surface area contributed by atoms with Gasteiger partial charge in [-0.15, -0.1) is 0 Å². The van der Waals surface area contributed by atoms with Gasteiger partial charge in [-0.1, -0.05) is 13.8 Å². The Balaban J connectivity index is 2.41. The molecule has 1 amide bonds. The highest BCUT2D eigenvalue weighted by Crippen LogP contribution is 2.20. The maximum atomic E-state index is 12.5. The van der Waals surface area contributed by atoms with Crippen LogP contribution >= 0.6 is 0 Å². The maximum Gasteiger partial charge on any atom is 0.335 e. The number of aromatic amines is 1. The van der Waals surface area contributed by atoms with Gasteiger partial charge in [0.05, 0.1) is 10.5 Å². The Morgan fingerprint density at radius 2 is 1.78 bits per heavy atom. The van der Waals surface area contributed by atoms with Crippen molar-refractivity contribution < 1.29 is 23.1 Å². The van der Waals surface area contributed by atoms with E-state index in [2.05, 4.69) is 10.3 Å². The molecule has 0 radical (unpaired) electrons. The van der Waals surface area contributed by atoms with Crippen LogP contribution in [-0.2, 0) is 16.3 Å². The molecule has 3 N–H and O–H groups in total. The number of pyridine rings is 1. The predicted octanol–water partition coefficient (Wildman–Crippen LogP) is 1.93. The molecule has 0 unspecified atom stereocenters. The SMILES string of the molecule is CC(C)Cc1cc(C(=O)Nc2cc(C(=O)O)cc(S(C)(=O)=O)c2)cc(=O)[nH]1. The summed E-state index contributed by atoms with van der Waals surface area (Å²) < 4.78 is 23.5. The van der Waals surface area contributed by atoms with E-state index in [1.54, 1.807) is 0 Å². The fourth-order valence-corrected chi connectivity index (χ4v) is 3.18. The number of hydrogen-bond donors (Lipinski definition) is 3. The Kier molecular flexibility index (Phi) is 5.85. The lowest BCUT2D eigenvalue weighted by Gasteiger charge is -2.10. The Bertz CT molecular complexity index is 1050. The zero-order valence-corrected chi connectivity index (χ0v) is 15.9. The van der Waals surface area contributed by atoms with E-state index >= 15 is 0 Å².